The number of rotatable bonds is 6. The minimum Gasteiger partial charge on any atom is -0.505 e. The minimum atomic E-state index is -0.545. The molecule has 0 aromatic carbocycles. The van der Waals surface area contributed by atoms with Crippen LogP contribution in [0.4, 0.5) is 0 Å². The van der Waals surface area contributed by atoms with E-state index in [1.807, 2.05) is 0 Å². The first-order chi connectivity index (χ1) is 14.0. The predicted molar refractivity (Wildman–Crippen MR) is 121 cm³/mol. The Bertz CT molecular complexity index is 807. The second-order valence-electron chi connectivity index (χ2n) is 10.6. The van der Waals surface area contributed by atoms with E-state index in [4.69, 9.17) is 0 Å². The highest BCUT2D eigenvalue weighted by atomic mass is 16.3. The van der Waals surface area contributed by atoms with Crippen molar-refractivity contribution >= 4 is 11.6 Å². The normalized spacial score (nSPS) is 35.8. The third-order valence-corrected chi connectivity index (χ3v) is 8.78. The van der Waals surface area contributed by atoms with Crippen molar-refractivity contribution in [2.24, 2.45) is 28.6 Å². The van der Waals surface area contributed by atoms with Gasteiger partial charge in [0.1, 0.15) is 5.76 Å². The molecule has 0 heterocycles. The summed E-state index contributed by atoms with van der Waals surface area (Å²) in [6.45, 7) is 16.2. The van der Waals surface area contributed by atoms with Crippen LogP contribution in [0.2, 0.25) is 0 Å². The van der Waals surface area contributed by atoms with E-state index >= 15 is 0 Å². The highest BCUT2D eigenvalue weighted by Crippen LogP contribution is 2.63. The summed E-state index contributed by atoms with van der Waals surface area (Å²) in [6.07, 6.45) is 8.24. The fourth-order valence-corrected chi connectivity index (χ4v) is 6.06. The fourth-order valence-electron chi connectivity index (χ4n) is 6.06. The molecule has 2 fully saturated rings. The van der Waals surface area contributed by atoms with E-state index in [0.29, 0.717) is 42.0 Å². The Morgan fingerprint density at radius 3 is 2.67 bits per heavy atom. The van der Waals surface area contributed by atoms with Gasteiger partial charge in [-0.1, -0.05) is 53.2 Å². The van der Waals surface area contributed by atoms with E-state index in [0.717, 1.165) is 38.5 Å². The van der Waals surface area contributed by atoms with E-state index < -0.39 is 11.6 Å². The molecule has 0 aliphatic heterocycles. The van der Waals surface area contributed by atoms with E-state index in [1.165, 1.54) is 11.6 Å². The summed E-state index contributed by atoms with van der Waals surface area (Å²) in [5, 5.41) is 14.2. The molecule has 0 aromatic heterocycles. The summed E-state index contributed by atoms with van der Waals surface area (Å²) < 4.78 is 0. The molecule has 0 spiro atoms. The minimum absolute atomic E-state index is 0.0294. The molecule has 3 rings (SSSR count). The zero-order chi connectivity index (χ0) is 22.3. The molecule has 5 atom stereocenters. The largest absolute Gasteiger partial charge is 0.505 e. The van der Waals surface area contributed by atoms with Crippen molar-refractivity contribution < 1.29 is 14.7 Å². The summed E-state index contributed by atoms with van der Waals surface area (Å²) in [6, 6.07) is 0. The molecule has 30 heavy (non-hydrogen) atoms. The van der Waals surface area contributed by atoms with Crippen molar-refractivity contribution in [3.63, 3.8) is 0 Å². The average Bonchev–Trinajstić information content (AvgIpc) is 2.71. The Morgan fingerprint density at radius 2 is 2.00 bits per heavy atom. The van der Waals surface area contributed by atoms with Crippen LogP contribution in [0.5, 0.6) is 0 Å². The van der Waals surface area contributed by atoms with Crippen LogP contribution in [-0.2, 0) is 9.59 Å². The molecule has 0 radical (unpaired) electrons. The number of nitrogens with one attached hydrogen (secondary N) is 1. The molecule has 2 saturated carbocycles. The number of hydrogen-bond donors (Lipinski definition) is 2. The van der Waals surface area contributed by atoms with Crippen LogP contribution in [0.25, 0.3) is 0 Å². The molecule has 4 heteroatoms. The Kier molecular flexibility index (Phi) is 6.36. The van der Waals surface area contributed by atoms with E-state index in [2.05, 4.69) is 46.5 Å². The smallest absolute Gasteiger partial charge is 0.232 e. The van der Waals surface area contributed by atoms with Crippen LogP contribution in [0.3, 0.4) is 0 Å². The number of Topliss-reactive ketones (excluding diaryl/α,β-unsaturated/α-hetero) is 1. The van der Waals surface area contributed by atoms with Crippen molar-refractivity contribution in [2.45, 2.75) is 79.6 Å². The van der Waals surface area contributed by atoms with Gasteiger partial charge in [0, 0.05) is 18.2 Å². The Hall–Kier alpha value is -1.84. The molecule has 0 saturated heterocycles. The quantitative estimate of drug-likeness (QED) is 0.335. The third-order valence-electron chi connectivity index (χ3n) is 8.78. The molecular weight excluding hydrogens is 374 g/mol. The van der Waals surface area contributed by atoms with Gasteiger partial charge in [0.25, 0.3) is 0 Å². The van der Waals surface area contributed by atoms with Crippen LogP contribution in [0, 0.1) is 28.6 Å². The summed E-state index contributed by atoms with van der Waals surface area (Å²) in [5.74, 6) is 0.125. The zero-order valence-corrected chi connectivity index (χ0v) is 19.4. The first-order valence-corrected chi connectivity index (χ1v) is 11.7. The van der Waals surface area contributed by atoms with Gasteiger partial charge in [0.2, 0.25) is 11.6 Å². The molecule has 5 unspecified atom stereocenters. The van der Waals surface area contributed by atoms with Crippen LogP contribution in [0.1, 0.15) is 79.6 Å². The van der Waals surface area contributed by atoms with Gasteiger partial charge in [-0.2, -0.15) is 0 Å². The van der Waals surface area contributed by atoms with Crippen molar-refractivity contribution in [3.05, 3.63) is 35.3 Å². The lowest BCUT2D eigenvalue weighted by molar-refractivity contribution is -0.132. The molecule has 2 N–H and O–H groups in total. The van der Waals surface area contributed by atoms with Gasteiger partial charge < -0.3 is 10.4 Å². The first kappa shape index (κ1) is 22.8. The van der Waals surface area contributed by atoms with Gasteiger partial charge in [-0.05, 0) is 67.1 Å². The number of hydrogen-bond acceptors (Lipinski definition) is 4. The van der Waals surface area contributed by atoms with Crippen LogP contribution in [-0.4, -0.2) is 23.2 Å². The lowest BCUT2D eigenvalue weighted by Crippen LogP contribution is -2.51. The predicted octanol–water partition coefficient (Wildman–Crippen LogP) is 5.66. The van der Waals surface area contributed by atoms with Gasteiger partial charge >= 0.3 is 0 Å². The van der Waals surface area contributed by atoms with Crippen molar-refractivity contribution in [1.82, 2.24) is 5.32 Å². The molecule has 0 bridgehead atoms. The highest BCUT2D eigenvalue weighted by molar-refractivity contribution is 6.48. The van der Waals surface area contributed by atoms with E-state index in [1.54, 1.807) is 0 Å². The maximum Gasteiger partial charge on any atom is 0.232 e. The summed E-state index contributed by atoms with van der Waals surface area (Å²) in [4.78, 5) is 25.3. The topological polar surface area (TPSA) is 66.4 Å². The second-order valence-corrected chi connectivity index (χ2v) is 10.6. The standard InChI is InChI=1S/C26H39NO3/c1-7-16(2)15-27-20-13-21(28)24(30)19(23(20)29)14-26(6)18(4)11-12-25(5)17(3)9-8-10-22(25)26/h13,16,18,22,27,29H,3,7-12,14-15H2,1-2,4-6H3. The zero-order valence-electron chi connectivity index (χ0n) is 19.4. The summed E-state index contributed by atoms with van der Waals surface area (Å²) >= 11 is 0. The van der Waals surface area contributed by atoms with Crippen LogP contribution >= 0.6 is 0 Å². The number of allylic oxidation sites excluding steroid dienone is 3. The molecule has 0 amide bonds. The van der Waals surface area contributed by atoms with Gasteiger partial charge in [-0.3, -0.25) is 9.59 Å². The SMILES string of the molecule is C=C1CCCC2C1(C)CCC(C)C2(C)CC1=C(O)C(NCC(C)CC)=CC(=O)C1=O. The number of ketones is 2. The van der Waals surface area contributed by atoms with Gasteiger partial charge in [-0.25, -0.2) is 0 Å². The summed E-state index contributed by atoms with van der Waals surface area (Å²) in [7, 11) is 0. The van der Waals surface area contributed by atoms with E-state index in [9.17, 15) is 14.7 Å². The number of fused-ring (bicyclic) bond motifs is 1. The van der Waals surface area contributed by atoms with Crippen LogP contribution < -0.4 is 5.32 Å². The highest BCUT2D eigenvalue weighted by Gasteiger charge is 2.54. The van der Waals surface area contributed by atoms with Gasteiger partial charge in [0.15, 0.2) is 0 Å². The Balaban J connectivity index is 1.94. The molecular formula is C26H39NO3. The second kappa shape index (κ2) is 8.36. The van der Waals surface area contributed by atoms with Crippen molar-refractivity contribution in [2.75, 3.05) is 6.54 Å². The molecule has 3 aliphatic carbocycles. The van der Waals surface area contributed by atoms with Gasteiger partial charge in [-0.15, -0.1) is 0 Å². The van der Waals surface area contributed by atoms with Crippen molar-refractivity contribution in [3.8, 4) is 0 Å². The number of carbonyl (C=O) groups is 2. The maximum atomic E-state index is 12.8. The Labute approximate surface area is 181 Å². The molecule has 0 aromatic rings. The number of aliphatic hydroxyl groups is 1. The third kappa shape index (κ3) is 3.78. The monoisotopic (exact) mass is 413 g/mol. The maximum absolute atomic E-state index is 12.8. The molecule has 3 aliphatic rings. The van der Waals surface area contributed by atoms with Crippen molar-refractivity contribution in [1.29, 1.82) is 0 Å². The number of aliphatic hydroxyl groups excluding tert-OH is 1. The van der Waals surface area contributed by atoms with Crippen LogP contribution in [0.15, 0.2) is 35.3 Å². The Morgan fingerprint density at radius 1 is 1.30 bits per heavy atom. The lowest BCUT2D eigenvalue weighted by Gasteiger charge is -2.59. The molecule has 166 valence electrons. The fraction of sp³-hybridized carbons (Fsp3) is 0.692. The first-order valence-electron chi connectivity index (χ1n) is 11.7. The lowest BCUT2D eigenvalue weighted by atomic mass is 9.46. The number of carbonyl (C=O) groups excluding carboxylic acids is 2. The van der Waals surface area contributed by atoms with Gasteiger partial charge in [0.05, 0.1) is 5.70 Å². The van der Waals surface area contributed by atoms with E-state index in [-0.39, 0.29) is 16.6 Å². The summed E-state index contributed by atoms with van der Waals surface area (Å²) in [5.41, 5.74) is 1.94. The average molecular weight is 414 g/mol. The molecule has 4 nitrogen and oxygen atoms in total.